The summed E-state index contributed by atoms with van der Waals surface area (Å²) in [6, 6.07) is 5.58. The Hall–Kier alpha value is -3.17. The molecule has 1 N–H and O–H groups in total. The minimum absolute atomic E-state index is 0.0579. The Balaban J connectivity index is 1.93. The number of carbonyl (C=O) groups is 3. The van der Waals surface area contributed by atoms with E-state index in [0.29, 0.717) is 0 Å². The molecule has 0 spiro atoms. The number of hydrogen-bond acceptors (Lipinski definition) is 5. The molecule has 36 heavy (non-hydrogen) atoms. The molecule has 1 aromatic carbocycles. The molecule has 0 saturated heterocycles. The fraction of sp³-hybridized carbons (Fsp3) is 0.538. The van der Waals surface area contributed by atoms with Gasteiger partial charge in [0.1, 0.15) is 11.4 Å². The number of carbonyl (C=O) groups excluding carboxylic acids is 3. The molecule has 0 aliphatic heterocycles. The SMILES string of the molecule is CC(=O)C[C@@H](CC(=O)OC(C)(C)C)NC(=O)c1cc(-c2ccccc2C(F)(F)F)n(C2CCCC2)n1. The lowest BCUT2D eigenvalue weighted by Gasteiger charge is -2.22. The highest BCUT2D eigenvalue weighted by Gasteiger charge is 2.35. The molecule has 2 aromatic rings. The van der Waals surface area contributed by atoms with Gasteiger partial charge in [-0.3, -0.25) is 19.1 Å². The third-order valence-corrected chi connectivity index (χ3v) is 5.85. The fourth-order valence-corrected chi connectivity index (χ4v) is 4.45. The molecule has 1 aliphatic rings. The van der Waals surface area contributed by atoms with Gasteiger partial charge in [-0.05, 0) is 52.7 Å². The molecule has 1 fully saturated rings. The maximum atomic E-state index is 13.8. The number of alkyl halides is 3. The van der Waals surface area contributed by atoms with E-state index in [1.54, 1.807) is 20.8 Å². The molecule has 1 aliphatic carbocycles. The quantitative estimate of drug-likeness (QED) is 0.477. The van der Waals surface area contributed by atoms with Crippen LogP contribution in [0.5, 0.6) is 0 Å². The lowest BCUT2D eigenvalue weighted by molar-refractivity contribution is -0.155. The van der Waals surface area contributed by atoms with Gasteiger partial charge in [0.15, 0.2) is 5.69 Å². The summed E-state index contributed by atoms with van der Waals surface area (Å²) in [6.07, 6.45) is -1.57. The number of amides is 1. The van der Waals surface area contributed by atoms with Crippen molar-refractivity contribution < 1.29 is 32.3 Å². The minimum Gasteiger partial charge on any atom is -0.460 e. The monoisotopic (exact) mass is 507 g/mol. The number of esters is 1. The topological polar surface area (TPSA) is 90.3 Å². The second kappa shape index (κ2) is 10.8. The van der Waals surface area contributed by atoms with E-state index in [2.05, 4.69) is 10.4 Å². The summed E-state index contributed by atoms with van der Waals surface area (Å²) in [5.41, 5.74) is -1.47. The van der Waals surface area contributed by atoms with Gasteiger partial charge in [0.05, 0.1) is 23.7 Å². The van der Waals surface area contributed by atoms with Crippen molar-refractivity contribution >= 4 is 17.7 Å². The zero-order valence-electron chi connectivity index (χ0n) is 20.9. The van der Waals surface area contributed by atoms with Crippen LogP contribution in [0, 0.1) is 0 Å². The van der Waals surface area contributed by atoms with Crippen LogP contribution in [0.1, 0.15) is 88.3 Å². The molecule has 196 valence electrons. The molecule has 1 saturated carbocycles. The van der Waals surface area contributed by atoms with Crippen LogP contribution >= 0.6 is 0 Å². The van der Waals surface area contributed by atoms with Crippen molar-refractivity contribution in [3.63, 3.8) is 0 Å². The van der Waals surface area contributed by atoms with Crippen LogP contribution in [0.25, 0.3) is 11.3 Å². The molecule has 1 amide bonds. The second-order valence-corrected chi connectivity index (χ2v) is 10.2. The number of nitrogens with one attached hydrogen (secondary N) is 1. The first-order valence-corrected chi connectivity index (χ1v) is 12.0. The van der Waals surface area contributed by atoms with Gasteiger partial charge < -0.3 is 10.1 Å². The zero-order chi connectivity index (χ0) is 26.7. The molecular formula is C26H32F3N3O4. The van der Waals surface area contributed by atoms with Gasteiger partial charge >= 0.3 is 12.1 Å². The average molecular weight is 508 g/mol. The Bertz CT molecular complexity index is 1110. The largest absolute Gasteiger partial charge is 0.460 e. The molecule has 7 nitrogen and oxygen atoms in total. The Morgan fingerprint density at radius 2 is 1.75 bits per heavy atom. The lowest BCUT2D eigenvalue weighted by Crippen LogP contribution is -2.39. The molecular weight excluding hydrogens is 475 g/mol. The van der Waals surface area contributed by atoms with Crippen molar-refractivity contribution in [3.8, 4) is 11.3 Å². The smallest absolute Gasteiger partial charge is 0.417 e. The van der Waals surface area contributed by atoms with Crippen LogP contribution in [-0.4, -0.2) is 39.1 Å². The van der Waals surface area contributed by atoms with E-state index in [9.17, 15) is 27.6 Å². The number of ketones is 1. The number of halogens is 3. The highest BCUT2D eigenvalue weighted by atomic mass is 19.4. The molecule has 1 atom stereocenters. The number of nitrogens with zero attached hydrogens (tertiary/aromatic N) is 2. The van der Waals surface area contributed by atoms with Gasteiger partial charge in [0.25, 0.3) is 5.91 Å². The first-order valence-electron chi connectivity index (χ1n) is 12.0. The van der Waals surface area contributed by atoms with Crippen LogP contribution in [0.2, 0.25) is 0 Å². The summed E-state index contributed by atoms with van der Waals surface area (Å²) in [7, 11) is 0. The summed E-state index contributed by atoms with van der Waals surface area (Å²) in [5, 5.41) is 7.05. The van der Waals surface area contributed by atoms with Gasteiger partial charge in [-0.2, -0.15) is 18.3 Å². The molecule has 3 rings (SSSR count). The Labute approximate surface area is 208 Å². The molecule has 0 radical (unpaired) electrons. The summed E-state index contributed by atoms with van der Waals surface area (Å²) in [5.74, 6) is -1.49. The second-order valence-electron chi connectivity index (χ2n) is 10.2. The van der Waals surface area contributed by atoms with E-state index < -0.39 is 35.3 Å². The fourth-order valence-electron chi connectivity index (χ4n) is 4.45. The normalized spacial score (nSPS) is 15.5. The maximum absolute atomic E-state index is 13.8. The number of hydrogen-bond donors (Lipinski definition) is 1. The van der Waals surface area contributed by atoms with E-state index in [0.717, 1.165) is 31.7 Å². The molecule has 0 unspecified atom stereocenters. The zero-order valence-corrected chi connectivity index (χ0v) is 20.9. The lowest BCUT2D eigenvalue weighted by atomic mass is 10.0. The maximum Gasteiger partial charge on any atom is 0.417 e. The van der Waals surface area contributed by atoms with Crippen LogP contribution in [0.15, 0.2) is 30.3 Å². The third kappa shape index (κ3) is 7.18. The van der Waals surface area contributed by atoms with Gasteiger partial charge in [-0.1, -0.05) is 31.0 Å². The predicted octanol–water partition coefficient (Wildman–Crippen LogP) is 5.49. The van der Waals surface area contributed by atoms with Gasteiger partial charge in [0.2, 0.25) is 0 Å². The van der Waals surface area contributed by atoms with Crippen LogP contribution in [-0.2, 0) is 20.5 Å². The van der Waals surface area contributed by atoms with Crippen LogP contribution in [0.4, 0.5) is 13.2 Å². The number of benzene rings is 1. The van der Waals surface area contributed by atoms with Crippen molar-refractivity contribution in [3.05, 3.63) is 41.6 Å². The Kier molecular flexibility index (Phi) is 8.26. The summed E-state index contributed by atoms with van der Waals surface area (Å²) in [4.78, 5) is 37.2. The molecule has 0 bridgehead atoms. The minimum atomic E-state index is -4.58. The van der Waals surface area contributed by atoms with Crippen LogP contribution < -0.4 is 5.32 Å². The highest BCUT2D eigenvalue weighted by molar-refractivity contribution is 5.94. The number of Topliss-reactive ketones (excluding diaryl/α,β-unsaturated/α-hetero) is 1. The van der Waals surface area contributed by atoms with Crippen molar-refractivity contribution in [2.45, 2.75) is 90.1 Å². The van der Waals surface area contributed by atoms with Gasteiger partial charge in [-0.25, -0.2) is 0 Å². The van der Waals surface area contributed by atoms with Crippen molar-refractivity contribution in [2.75, 3.05) is 0 Å². The first kappa shape index (κ1) is 27.4. The van der Waals surface area contributed by atoms with Gasteiger partial charge in [0, 0.05) is 18.0 Å². The van der Waals surface area contributed by atoms with E-state index >= 15 is 0 Å². The number of ether oxygens (including phenoxy) is 1. The number of rotatable bonds is 8. The molecule has 10 heteroatoms. The summed E-state index contributed by atoms with van der Waals surface area (Å²) >= 11 is 0. The Morgan fingerprint density at radius 1 is 1.11 bits per heavy atom. The van der Waals surface area contributed by atoms with E-state index in [-0.39, 0.29) is 41.6 Å². The van der Waals surface area contributed by atoms with Crippen LogP contribution in [0.3, 0.4) is 0 Å². The standard InChI is InChI=1S/C26H32F3N3O4/c1-16(33)13-17(14-23(34)36-25(2,3)4)30-24(35)21-15-22(32(31-21)18-9-5-6-10-18)19-11-7-8-12-20(19)26(27,28)29/h7-8,11-12,15,17-18H,5-6,9-10,13-14H2,1-4H3,(H,30,35)/t17-/m0/s1. The average Bonchev–Trinajstić information content (AvgIpc) is 3.41. The van der Waals surface area contributed by atoms with Gasteiger partial charge in [-0.15, -0.1) is 0 Å². The van der Waals surface area contributed by atoms with E-state index in [1.807, 2.05) is 0 Å². The van der Waals surface area contributed by atoms with E-state index in [1.165, 1.54) is 35.9 Å². The third-order valence-electron chi connectivity index (χ3n) is 5.85. The summed E-state index contributed by atoms with van der Waals surface area (Å²) in [6.45, 7) is 6.47. The first-order chi connectivity index (χ1) is 16.7. The van der Waals surface area contributed by atoms with Crippen molar-refractivity contribution in [1.82, 2.24) is 15.1 Å². The Morgan fingerprint density at radius 3 is 2.33 bits per heavy atom. The van der Waals surface area contributed by atoms with Crippen molar-refractivity contribution in [2.24, 2.45) is 0 Å². The number of aromatic nitrogens is 2. The highest BCUT2D eigenvalue weighted by Crippen LogP contribution is 2.40. The van der Waals surface area contributed by atoms with Crippen molar-refractivity contribution in [1.29, 1.82) is 0 Å². The van der Waals surface area contributed by atoms with E-state index in [4.69, 9.17) is 4.74 Å². The molecule has 1 aromatic heterocycles. The predicted molar refractivity (Wildman–Crippen MR) is 127 cm³/mol. The summed E-state index contributed by atoms with van der Waals surface area (Å²) < 4.78 is 48.1. The molecule has 1 heterocycles.